The van der Waals surface area contributed by atoms with Gasteiger partial charge in [0.2, 0.25) is 0 Å². The topological polar surface area (TPSA) is 76.7 Å². The Morgan fingerprint density at radius 1 is 1.00 bits per heavy atom. The van der Waals surface area contributed by atoms with E-state index in [0.717, 1.165) is 15.6 Å². The number of hydrogen-bond acceptors (Lipinski definition) is 4. The molecule has 6 nitrogen and oxygen atoms in total. The number of ether oxygens (including phenoxy) is 2. The molecule has 0 aromatic heterocycles. The lowest BCUT2D eigenvalue weighted by Gasteiger charge is -2.13. The molecule has 0 radical (unpaired) electrons. The Labute approximate surface area is 173 Å². The Morgan fingerprint density at radius 2 is 1.61 bits per heavy atom. The van der Waals surface area contributed by atoms with Gasteiger partial charge in [0.15, 0.2) is 6.61 Å². The number of benzene rings is 2. The summed E-state index contributed by atoms with van der Waals surface area (Å²) in [4.78, 5) is 24.1. The second-order valence-electron chi connectivity index (χ2n) is 6.89. The van der Waals surface area contributed by atoms with Crippen LogP contribution in [0.2, 0.25) is 0 Å². The summed E-state index contributed by atoms with van der Waals surface area (Å²) in [5, 5.41) is 0. The SMILES string of the molecule is Cc1cc(Br)cc(C)c1OCC(=O)NNC(=O)c1ccc(OCC(C)C)cc1. The lowest BCUT2D eigenvalue weighted by atomic mass is 10.1. The fourth-order valence-electron chi connectivity index (χ4n) is 2.46. The number of rotatable bonds is 7. The van der Waals surface area contributed by atoms with Crippen molar-refractivity contribution in [3.63, 3.8) is 0 Å². The number of carbonyl (C=O) groups excluding carboxylic acids is 2. The van der Waals surface area contributed by atoms with Crippen LogP contribution in [0.4, 0.5) is 0 Å². The number of aryl methyl sites for hydroxylation is 2. The molecule has 2 rings (SSSR count). The highest BCUT2D eigenvalue weighted by molar-refractivity contribution is 9.10. The maximum absolute atomic E-state index is 12.1. The average Bonchev–Trinajstić information content (AvgIpc) is 2.64. The highest BCUT2D eigenvalue weighted by Gasteiger charge is 2.11. The molecule has 150 valence electrons. The van der Waals surface area contributed by atoms with E-state index in [1.807, 2.05) is 26.0 Å². The van der Waals surface area contributed by atoms with Crippen LogP contribution in [0.1, 0.15) is 35.3 Å². The van der Waals surface area contributed by atoms with Crippen LogP contribution in [0, 0.1) is 19.8 Å². The van der Waals surface area contributed by atoms with Crippen molar-refractivity contribution in [3.05, 3.63) is 57.6 Å². The van der Waals surface area contributed by atoms with Crippen LogP contribution in [-0.2, 0) is 4.79 Å². The van der Waals surface area contributed by atoms with Crippen LogP contribution in [0.5, 0.6) is 11.5 Å². The minimum atomic E-state index is -0.452. The molecule has 0 unspecified atom stereocenters. The molecule has 0 spiro atoms. The van der Waals surface area contributed by atoms with Crippen LogP contribution in [0.15, 0.2) is 40.9 Å². The largest absolute Gasteiger partial charge is 0.493 e. The van der Waals surface area contributed by atoms with Gasteiger partial charge >= 0.3 is 0 Å². The highest BCUT2D eigenvalue weighted by atomic mass is 79.9. The maximum Gasteiger partial charge on any atom is 0.276 e. The van der Waals surface area contributed by atoms with Gasteiger partial charge in [-0.25, -0.2) is 0 Å². The monoisotopic (exact) mass is 448 g/mol. The van der Waals surface area contributed by atoms with Crippen molar-refractivity contribution >= 4 is 27.7 Å². The third-order valence-corrected chi connectivity index (χ3v) is 4.25. The molecule has 0 fully saturated rings. The number of hydrogen-bond donors (Lipinski definition) is 2. The fourth-order valence-corrected chi connectivity index (χ4v) is 3.15. The minimum absolute atomic E-state index is 0.203. The normalized spacial score (nSPS) is 10.5. The second kappa shape index (κ2) is 10.1. The van der Waals surface area contributed by atoms with Gasteiger partial charge in [-0.2, -0.15) is 0 Å². The Morgan fingerprint density at radius 3 is 2.18 bits per heavy atom. The summed E-state index contributed by atoms with van der Waals surface area (Å²) in [5.74, 6) is 0.904. The molecule has 2 aromatic rings. The molecule has 0 atom stereocenters. The molecule has 2 aromatic carbocycles. The summed E-state index contributed by atoms with van der Waals surface area (Å²) in [5.41, 5.74) is 6.98. The van der Waals surface area contributed by atoms with Crippen molar-refractivity contribution in [2.75, 3.05) is 13.2 Å². The van der Waals surface area contributed by atoms with Crippen LogP contribution < -0.4 is 20.3 Å². The molecule has 2 N–H and O–H groups in total. The minimum Gasteiger partial charge on any atom is -0.493 e. The lowest BCUT2D eigenvalue weighted by Crippen LogP contribution is -2.43. The molecule has 7 heteroatoms. The van der Waals surface area contributed by atoms with Crippen LogP contribution in [-0.4, -0.2) is 25.0 Å². The van der Waals surface area contributed by atoms with E-state index in [0.29, 0.717) is 29.6 Å². The predicted octanol–water partition coefficient (Wildman–Crippen LogP) is 3.94. The zero-order valence-electron chi connectivity index (χ0n) is 16.5. The van der Waals surface area contributed by atoms with Gasteiger partial charge in [-0.05, 0) is 67.3 Å². The number of nitrogens with one attached hydrogen (secondary N) is 2. The zero-order chi connectivity index (χ0) is 20.7. The Bertz CT molecular complexity index is 812. The van der Waals surface area contributed by atoms with Gasteiger partial charge in [0.05, 0.1) is 6.61 Å². The van der Waals surface area contributed by atoms with E-state index in [9.17, 15) is 9.59 Å². The van der Waals surface area contributed by atoms with Crippen molar-refractivity contribution in [1.29, 1.82) is 0 Å². The zero-order valence-corrected chi connectivity index (χ0v) is 18.1. The van der Waals surface area contributed by atoms with E-state index in [-0.39, 0.29) is 6.61 Å². The second-order valence-corrected chi connectivity index (χ2v) is 7.80. The first-order chi connectivity index (χ1) is 13.3. The molecule has 0 aliphatic rings. The standard InChI is InChI=1S/C21H25BrN2O4/c1-13(2)11-27-18-7-5-16(6-8-18)21(26)24-23-19(25)12-28-20-14(3)9-17(22)10-15(20)4/h5-10,13H,11-12H2,1-4H3,(H,23,25)(H,24,26). The van der Waals surface area contributed by atoms with E-state index < -0.39 is 11.8 Å². The Balaban J connectivity index is 1.81. The van der Waals surface area contributed by atoms with Gasteiger partial charge in [0, 0.05) is 10.0 Å². The number of hydrazine groups is 1. The Hall–Kier alpha value is -2.54. The lowest BCUT2D eigenvalue weighted by molar-refractivity contribution is -0.123. The highest BCUT2D eigenvalue weighted by Crippen LogP contribution is 2.27. The molecule has 0 saturated carbocycles. The van der Waals surface area contributed by atoms with Gasteiger partial charge in [0.1, 0.15) is 11.5 Å². The van der Waals surface area contributed by atoms with Crippen molar-refractivity contribution in [2.24, 2.45) is 5.92 Å². The molecule has 28 heavy (non-hydrogen) atoms. The molecule has 0 bridgehead atoms. The van der Waals surface area contributed by atoms with Crippen molar-refractivity contribution in [3.8, 4) is 11.5 Å². The van der Waals surface area contributed by atoms with E-state index in [4.69, 9.17) is 9.47 Å². The third-order valence-electron chi connectivity index (χ3n) is 3.79. The van der Waals surface area contributed by atoms with Gasteiger partial charge in [-0.15, -0.1) is 0 Å². The smallest absolute Gasteiger partial charge is 0.276 e. The molecular weight excluding hydrogens is 424 g/mol. The molecular formula is C21H25BrN2O4. The van der Waals surface area contributed by atoms with Gasteiger partial charge < -0.3 is 9.47 Å². The fraction of sp³-hybridized carbons (Fsp3) is 0.333. The van der Waals surface area contributed by atoms with Crippen molar-refractivity contribution in [1.82, 2.24) is 10.9 Å². The van der Waals surface area contributed by atoms with Crippen LogP contribution in [0.25, 0.3) is 0 Å². The predicted molar refractivity (Wildman–Crippen MR) is 111 cm³/mol. The van der Waals surface area contributed by atoms with Crippen LogP contribution in [0.3, 0.4) is 0 Å². The summed E-state index contributed by atoms with van der Waals surface area (Å²) in [7, 11) is 0. The molecule has 0 heterocycles. The first-order valence-corrected chi connectivity index (χ1v) is 9.77. The van der Waals surface area contributed by atoms with Gasteiger partial charge in [-0.1, -0.05) is 29.8 Å². The quantitative estimate of drug-likeness (QED) is 0.628. The van der Waals surface area contributed by atoms with E-state index in [1.54, 1.807) is 24.3 Å². The first-order valence-electron chi connectivity index (χ1n) is 8.98. The molecule has 0 aliphatic heterocycles. The first kappa shape index (κ1) is 21.8. The number of halogens is 1. The van der Waals surface area contributed by atoms with Crippen LogP contribution >= 0.6 is 15.9 Å². The summed E-state index contributed by atoms with van der Waals surface area (Å²) in [6.07, 6.45) is 0. The van der Waals surface area contributed by atoms with Crippen molar-refractivity contribution < 1.29 is 19.1 Å². The number of amides is 2. The molecule has 0 saturated heterocycles. The van der Waals surface area contributed by atoms with Gasteiger partial charge in [-0.3, -0.25) is 20.4 Å². The third kappa shape index (κ3) is 6.56. The van der Waals surface area contributed by atoms with E-state index in [2.05, 4.69) is 40.6 Å². The van der Waals surface area contributed by atoms with E-state index >= 15 is 0 Å². The maximum atomic E-state index is 12.1. The summed E-state index contributed by atoms with van der Waals surface area (Å²) in [6.45, 7) is 8.34. The van der Waals surface area contributed by atoms with Crippen molar-refractivity contribution in [2.45, 2.75) is 27.7 Å². The van der Waals surface area contributed by atoms with Gasteiger partial charge in [0.25, 0.3) is 11.8 Å². The number of carbonyl (C=O) groups is 2. The summed E-state index contributed by atoms with van der Waals surface area (Å²) >= 11 is 3.42. The summed E-state index contributed by atoms with van der Waals surface area (Å²) in [6, 6.07) is 10.6. The van der Waals surface area contributed by atoms with E-state index in [1.165, 1.54) is 0 Å². The molecule has 2 amide bonds. The molecule has 0 aliphatic carbocycles. The summed E-state index contributed by atoms with van der Waals surface area (Å²) < 4.78 is 12.1. The average molecular weight is 449 g/mol. The Kier molecular flexibility index (Phi) is 7.87.